The van der Waals surface area contributed by atoms with Crippen LogP contribution in [0.15, 0.2) is 0 Å². The normalized spacial score (nSPS) is 13.7. The van der Waals surface area contributed by atoms with Gasteiger partial charge in [-0.05, 0) is 26.2 Å². The molecule has 0 radical (unpaired) electrons. The van der Waals surface area contributed by atoms with E-state index in [-0.39, 0.29) is 5.60 Å². The van der Waals surface area contributed by atoms with E-state index in [9.17, 15) is 0 Å². The van der Waals surface area contributed by atoms with Crippen molar-refractivity contribution in [3.8, 4) is 0 Å². The van der Waals surface area contributed by atoms with Crippen LogP contribution in [0.2, 0.25) is 0 Å². The van der Waals surface area contributed by atoms with Crippen molar-refractivity contribution in [3.63, 3.8) is 0 Å². The van der Waals surface area contributed by atoms with Gasteiger partial charge < -0.3 is 13.3 Å². The number of hydrogen-bond donors (Lipinski definition) is 0. The van der Waals surface area contributed by atoms with Crippen molar-refractivity contribution >= 4 is 19.2 Å². The highest BCUT2D eigenvalue weighted by Gasteiger charge is 2.43. The molecule has 0 aliphatic rings. The first-order chi connectivity index (χ1) is 6.24. The summed E-state index contributed by atoms with van der Waals surface area (Å²) < 4.78 is 15.8. The summed E-state index contributed by atoms with van der Waals surface area (Å²) in [4.78, 5) is 0. The highest BCUT2D eigenvalue weighted by Crippen LogP contribution is 2.27. The minimum Gasteiger partial charge on any atom is -0.365 e. The summed E-state index contributed by atoms with van der Waals surface area (Å²) in [6.07, 6.45) is 0.918. The minimum absolute atomic E-state index is 0.311. The van der Waals surface area contributed by atoms with Gasteiger partial charge in [-0.3, -0.25) is 0 Å². The monoisotopic (exact) mass is 240 g/mol. The molecule has 86 valence electrons. The molecule has 0 bridgehead atoms. The molecule has 0 saturated carbocycles. The Hall–Kier alpha value is 0.387. The highest BCUT2D eigenvalue weighted by molar-refractivity contribution is 7.09. The highest BCUT2D eigenvalue weighted by atomic mass is 35.6. The van der Waals surface area contributed by atoms with Crippen LogP contribution in [0, 0.1) is 5.92 Å². The zero-order valence-corrected chi connectivity index (χ0v) is 11.6. The molecule has 0 saturated heterocycles. The Bertz CT molecular complexity index is 169. The van der Waals surface area contributed by atoms with E-state index in [1.165, 1.54) is 14.2 Å². The van der Waals surface area contributed by atoms with Gasteiger partial charge in [0.1, 0.15) is 0 Å². The van der Waals surface area contributed by atoms with Gasteiger partial charge in [-0.15, -0.1) is 0 Å². The lowest BCUT2D eigenvalue weighted by atomic mass is 9.97. The SMILES string of the molecule is CO[Si](Cl)(OC)OC(C)(C)CC(C)C. The van der Waals surface area contributed by atoms with Crippen LogP contribution >= 0.6 is 11.1 Å². The Kier molecular flexibility index (Phi) is 5.62. The fraction of sp³-hybridized carbons (Fsp3) is 1.00. The summed E-state index contributed by atoms with van der Waals surface area (Å²) in [5.41, 5.74) is -0.311. The van der Waals surface area contributed by atoms with Crippen molar-refractivity contribution in [2.75, 3.05) is 14.2 Å². The Morgan fingerprint density at radius 3 is 1.93 bits per heavy atom. The number of rotatable bonds is 6. The van der Waals surface area contributed by atoms with E-state index in [1.807, 2.05) is 13.8 Å². The first-order valence-electron chi connectivity index (χ1n) is 4.74. The Labute approximate surface area is 92.8 Å². The Morgan fingerprint density at radius 2 is 1.64 bits per heavy atom. The summed E-state index contributed by atoms with van der Waals surface area (Å²) in [5.74, 6) is 0.550. The molecule has 0 atom stereocenters. The van der Waals surface area contributed by atoms with Gasteiger partial charge in [0.15, 0.2) is 0 Å². The van der Waals surface area contributed by atoms with Gasteiger partial charge in [-0.1, -0.05) is 24.9 Å². The summed E-state index contributed by atoms with van der Waals surface area (Å²) >= 11 is 6.05. The molecule has 5 heteroatoms. The van der Waals surface area contributed by atoms with Crippen LogP contribution in [0.4, 0.5) is 0 Å². The predicted molar refractivity (Wildman–Crippen MR) is 60.2 cm³/mol. The maximum atomic E-state index is 6.05. The van der Waals surface area contributed by atoms with Gasteiger partial charge >= 0.3 is 8.11 Å². The fourth-order valence-corrected chi connectivity index (χ4v) is 3.22. The average molecular weight is 241 g/mol. The summed E-state index contributed by atoms with van der Waals surface area (Å²) in [6, 6.07) is 0. The molecule has 0 amide bonds. The Morgan fingerprint density at radius 1 is 1.21 bits per heavy atom. The van der Waals surface area contributed by atoms with Gasteiger partial charge in [-0.2, -0.15) is 0 Å². The lowest BCUT2D eigenvalue weighted by Gasteiger charge is -2.33. The van der Waals surface area contributed by atoms with Gasteiger partial charge in [0.2, 0.25) is 0 Å². The molecule has 0 spiro atoms. The van der Waals surface area contributed by atoms with E-state index in [2.05, 4.69) is 13.8 Å². The molecule has 0 aliphatic heterocycles. The average Bonchev–Trinajstić information content (AvgIpc) is 2.01. The van der Waals surface area contributed by atoms with Crippen LogP contribution < -0.4 is 0 Å². The topological polar surface area (TPSA) is 27.7 Å². The van der Waals surface area contributed by atoms with Crippen molar-refractivity contribution < 1.29 is 13.3 Å². The molecule has 0 heterocycles. The van der Waals surface area contributed by atoms with Gasteiger partial charge in [0.25, 0.3) is 0 Å². The molecule has 3 nitrogen and oxygen atoms in total. The van der Waals surface area contributed by atoms with Gasteiger partial charge in [0.05, 0.1) is 5.60 Å². The van der Waals surface area contributed by atoms with Crippen molar-refractivity contribution in [2.45, 2.75) is 39.7 Å². The summed E-state index contributed by atoms with van der Waals surface area (Å²) in [5, 5.41) is 0. The van der Waals surface area contributed by atoms with E-state index < -0.39 is 8.11 Å². The predicted octanol–water partition coefficient (Wildman–Crippen LogP) is 2.79. The van der Waals surface area contributed by atoms with Crippen molar-refractivity contribution in [1.82, 2.24) is 0 Å². The molecule has 0 unspecified atom stereocenters. The lowest BCUT2D eigenvalue weighted by molar-refractivity contribution is 0.00826. The zero-order valence-electron chi connectivity index (χ0n) is 9.89. The second kappa shape index (κ2) is 5.46. The third-order valence-electron chi connectivity index (χ3n) is 1.79. The van der Waals surface area contributed by atoms with Gasteiger partial charge in [-0.25, -0.2) is 0 Å². The smallest absolute Gasteiger partial charge is 0.365 e. The first kappa shape index (κ1) is 14.4. The van der Waals surface area contributed by atoms with Crippen LogP contribution in [0.5, 0.6) is 0 Å². The third-order valence-corrected chi connectivity index (χ3v) is 4.71. The number of halogens is 1. The summed E-state index contributed by atoms with van der Waals surface area (Å²) in [6.45, 7) is 8.27. The first-order valence-corrected chi connectivity index (χ1v) is 7.48. The quantitative estimate of drug-likeness (QED) is 0.528. The third kappa shape index (κ3) is 5.31. The van der Waals surface area contributed by atoms with Crippen LogP contribution in [-0.4, -0.2) is 27.9 Å². The lowest BCUT2D eigenvalue weighted by Crippen LogP contribution is -2.45. The largest absolute Gasteiger partial charge is 0.613 e. The summed E-state index contributed by atoms with van der Waals surface area (Å²) in [7, 11) is 0.0889. The fourth-order valence-electron chi connectivity index (χ4n) is 1.52. The van der Waals surface area contributed by atoms with Crippen LogP contribution in [0.1, 0.15) is 34.1 Å². The van der Waals surface area contributed by atoms with Crippen LogP contribution in [0.3, 0.4) is 0 Å². The molecule has 0 aromatic carbocycles. The molecule has 0 aliphatic carbocycles. The zero-order chi connectivity index (χ0) is 11.4. The molecule has 0 rings (SSSR count). The molecule has 14 heavy (non-hydrogen) atoms. The molecule has 0 N–H and O–H groups in total. The van der Waals surface area contributed by atoms with E-state index in [0.717, 1.165) is 6.42 Å². The molecule has 0 aromatic rings. The molecule has 0 fully saturated rings. The maximum absolute atomic E-state index is 6.05. The second-order valence-electron chi connectivity index (χ2n) is 4.35. The van der Waals surface area contributed by atoms with Crippen LogP contribution in [0.25, 0.3) is 0 Å². The number of hydrogen-bond acceptors (Lipinski definition) is 3. The van der Waals surface area contributed by atoms with E-state index in [0.29, 0.717) is 5.92 Å². The second-order valence-corrected chi connectivity index (χ2v) is 7.72. The van der Waals surface area contributed by atoms with Crippen molar-refractivity contribution in [3.05, 3.63) is 0 Å². The maximum Gasteiger partial charge on any atom is 0.613 e. The minimum atomic E-state index is -2.93. The van der Waals surface area contributed by atoms with E-state index in [4.69, 9.17) is 24.4 Å². The molecular formula is C9H21ClO3Si. The van der Waals surface area contributed by atoms with E-state index >= 15 is 0 Å². The van der Waals surface area contributed by atoms with E-state index in [1.54, 1.807) is 0 Å². The standard InChI is InChI=1S/C9H21ClO3Si/c1-8(2)7-9(3,4)13-14(10,11-5)12-6/h8H,7H2,1-6H3. The van der Waals surface area contributed by atoms with Gasteiger partial charge in [0, 0.05) is 14.2 Å². The van der Waals surface area contributed by atoms with Crippen molar-refractivity contribution in [2.24, 2.45) is 5.92 Å². The van der Waals surface area contributed by atoms with Crippen LogP contribution in [-0.2, 0) is 13.3 Å². The Balaban J connectivity index is 4.32. The molecule has 0 aromatic heterocycles. The van der Waals surface area contributed by atoms with Crippen molar-refractivity contribution in [1.29, 1.82) is 0 Å². The molecular weight excluding hydrogens is 220 g/mol.